The fourth-order valence-electron chi connectivity index (χ4n) is 1.95. The first-order valence-corrected chi connectivity index (χ1v) is 7.51. The molecule has 1 unspecified atom stereocenters. The fourth-order valence-corrected chi connectivity index (χ4v) is 2.66. The van der Waals surface area contributed by atoms with Crippen molar-refractivity contribution in [2.75, 3.05) is 7.11 Å². The zero-order chi connectivity index (χ0) is 14.7. The molecule has 0 amide bonds. The van der Waals surface area contributed by atoms with Crippen LogP contribution in [0.3, 0.4) is 0 Å². The second-order valence-corrected chi connectivity index (χ2v) is 6.05. The number of ether oxygens (including phenoxy) is 1. The van der Waals surface area contributed by atoms with Gasteiger partial charge in [0, 0.05) is 15.9 Å². The summed E-state index contributed by atoms with van der Waals surface area (Å²) in [4.78, 5) is 0. The molecule has 0 saturated heterocycles. The fraction of sp³-hybridized carbons (Fsp3) is 0.200. The predicted molar refractivity (Wildman–Crippen MR) is 85.8 cm³/mol. The molecule has 0 aliphatic carbocycles. The second-order valence-electron chi connectivity index (χ2n) is 4.35. The van der Waals surface area contributed by atoms with E-state index in [1.54, 1.807) is 37.4 Å². The number of rotatable bonds is 4. The summed E-state index contributed by atoms with van der Waals surface area (Å²) >= 11 is 15.3. The molecular formula is C15H13BrCl2O2. The first kappa shape index (κ1) is 15.6. The molecule has 0 aliphatic heterocycles. The molecule has 106 valence electrons. The average Bonchev–Trinajstić information content (AvgIpc) is 2.42. The number of aliphatic hydroxyl groups excluding tert-OH is 1. The molecule has 0 aliphatic rings. The summed E-state index contributed by atoms with van der Waals surface area (Å²) in [6.07, 6.45) is -0.242. The van der Waals surface area contributed by atoms with Crippen LogP contribution in [0, 0.1) is 0 Å². The van der Waals surface area contributed by atoms with Gasteiger partial charge in [-0.25, -0.2) is 0 Å². The Morgan fingerprint density at radius 2 is 1.95 bits per heavy atom. The predicted octanol–water partition coefficient (Wildman–Crippen LogP) is 5.04. The van der Waals surface area contributed by atoms with Gasteiger partial charge in [0.15, 0.2) is 0 Å². The number of hydrogen-bond donors (Lipinski definition) is 1. The monoisotopic (exact) mass is 374 g/mol. The third-order valence-corrected chi connectivity index (χ3v) is 4.43. The lowest BCUT2D eigenvalue weighted by atomic mass is 10.0. The van der Waals surface area contributed by atoms with Gasteiger partial charge in [-0.05, 0) is 57.4 Å². The molecule has 0 saturated carbocycles. The van der Waals surface area contributed by atoms with E-state index < -0.39 is 6.10 Å². The van der Waals surface area contributed by atoms with E-state index in [1.165, 1.54) is 0 Å². The summed E-state index contributed by atoms with van der Waals surface area (Å²) in [5.74, 6) is 0.710. The molecule has 0 aromatic heterocycles. The van der Waals surface area contributed by atoms with E-state index in [1.807, 2.05) is 6.07 Å². The molecule has 2 nitrogen and oxygen atoms in total. The van der Waals surface area contributed by atoms with Gasteiger partial charge in [0.1, 0.15) is 5.75 Å². The van der Waals surface area contributed by atoms with Gasteiger partial charge in [-0.1, -0.05) is 29.3 Å². The van der Waals surface area contributed by atoms with E-state index in [-0.39, 0.29) is 0 Å². The van der Waals surface area contributed by atoms with E-state index in [0.717, 1.165) is 15.6 Å². The Kier molecular flexibility index (Phi) is 5.33. The minimum Gasteiger partial charge on any atom is -0.496 e. The molecule has 0 radical (unpaired) electrons. The standard InChI is InChI=1S/C15H13BrCl2O2/c1-20-15-5-3-11(17)6-10(15)8-14(19)9-2-4-13(18)12(16)7-9/h2-7,14,19H,8H2,1H3. The van der Waals surface area contributed by atoms with Crippen LogP contribution in [0.4, 0.5) is 0 Å². The highest BCUT2D eigenvalue weighted by Gasteiger charge is 2.13. The highest BCUT2D eigenvalue weighted by Crippen LogP contribution is 2.30. The molecule has 1 atom stereocenters. The minimum atomic E-state index is -0.657. The number of hydrogen-bond acceptors (Lipinski definition) is 2. The van der Waals surface area contributed by atoms with E-state index in [0.29, 0.717) is 22.2 Å². The van der Waals surface area contributed by atoms with Crippen molar-refractivity contribution in [2.24, 2.45) is 0 Å². The average molecular weight is 376 g/mol. The van der Waals surface area contributed by atoms with Crippen LogP contribution >= 0.6 is 39.1 Å². The summed E-state index contributed by atoms with van der Waals surface area (Å²) in [5.41, 5.74) is 1.64. The van der Waals surface area contributed by atoms with Crippen molar-refractivity contribution in [1.82, 2.24) is 0 Å². The largest absolute Gasteiger partial charge is 0.496 e. The van der Waals surface area contributed by atoms with Gasteiger partial charge in [0.05, 0.1) is 18.2 Å². The Morgan fingerprint density at radius 1 is 1.20 bits per heavy atom. The van der Waals surface area contributed by atoms with E-state index in [9.17, 15) is 5.11 Å². The van der Waals surface area contributed by atoms with Gasteiger partial charge >= 0.3 is 0 Å². The molecule has 5 heteroatoms. The minimum absolute atomic E-state index is 0.414. The van der Waals surface area contributed by atoms with Crippen LogP contribution in [0.25, 0.3) is 0 Å². The Balaban J connectivity index is 2.24. The quantitative estimate of drug-likeness (QED) is 0.810. The van der Waals surface area contributed by atoms with Gasteiger partial charge in [-0.3, -0.25) is 0 Å². The topological polar surface area (TPSA) is 29.5 Å². The van der Waals surface area contributed by atoms with Crippen LogP contribution in [0.2, 0.25) is 10.0 Å². The molecule has 20 heavy (non-hydrogen) atoms. The zero-order valence-electron chi connectivity index (χ0n) is 10.7. The van der Waals surface area contributed by atoms with Gasteiger partial charge in [0.25, 0.3) is 0 Å². The Hall–Kier alpha value is -0.740. The van der Waals surface area contributed by atoms with Crippen LogP contribution in [-0.2, 0) is 6.42 Å². The van der Waals surface area contributed by atoms with E-state index in [4.69, 9.17) is 27.9 Å². The van der Waals surface area contributed by atoms with Crippen molar-refractivity contribution < 1.29 is 9.84 Å². The summed E-state index contributed by atoms with van der Waals surface area (Å²) < 4.78 is 6.04. The third kappa shape index (κ3) is 3.67. The number of halogens is 3. The summed E-state index contributed by atoms with van der Waals surface area (Å²) in [6.45, 7) is 0. The zero-order valence-corrected chi connectivity index (χ0v) is 13.8. The van der Waals surface area contributed by atoms with E-state index in [2.05, 4.69) is 15.9 Å². The molecule has 0 fully saturated rings. The van der Waals surface area contributed by atoms with Crippen molar-refractivity contribution in [2.45, 2.75) is 12.5 Å². The van der Waals surface area contributed by atoms with Gasteiger partial charge < -0.3 is 9.84 Å². The second kappa shape index (κ2) is 6.81. The molecule has 2 aromatic rings. The van der Waals surface area contributed by atoms with Crippen molar-refractivity contribution in [3.63, 3.8) is 0 Å². The molecule has 0 bridgehead atoms. The first-order chi connectivity index (χ1) is 9.51. The Labute approximate surface area is 136 Å². The summed E-state index contributed by atoms with van der Waals surface area (Å²) in [5, 5.41) is 11.6. The lowest BCUT2D eigenvalue weighted by Crippen LogP contribution is -2.03. The SMILES string of the molecule is COc1ccc(Cl)cc1CC(O)c1ccc(Cl)c(Br)c1. The van der Waals surface area contributed by atoms with Crippen molar-refractivity contribution in [3.8, 4) is 5.75 Å². The molecular weight excluding hydrogens is 363 g/mol. The van der Waals surface area contributed by atoms with Crippen molar-refractivity contribution in [1.29, 1.82) is 0 Å². The Morgan fingerprint density at radius 3 is 2.60 bits per heavy atom. The van der Waals surface area contributed by atoms with Crippen LogP contribution in [0.15, 0.2) is 40.9 Å². The number of aliphatic hydroxyl groups is 1. The highest BCUT2D eigenvalue weighted by molar-refractivity contribution is 9.10. The van der Waals surface area contributed by atoms with Gasteiger partial charge in [-0.15, -0.1) is 0 Å². The normalized spacial score (nSPS) is 12.2. The van der Waals surface area contributed by atoms with Crippen LogP contribution < -0.4 is 4.74 Å². The maximum absolute atomic E-state index is 10.3. The third-order valence-electron chi connectivity index (χ3n) is 2.98. The van der Waals surface area contributed by atoms with Gasteiger partial charge in [0.2, 0.25) is 0 Å². The van der Waals surface area contributed by atoms with Gasteiger partial charge in [-0.2, -0.15) is 0 Å². The smallest absolute Gasteiger partial charge is 0.122 e. The lowest BCUT2D eigenvalue weighted by Gasteiger charge is -2.14. The molecule has 0 spiro atoms. The lowest BCUT2D eigenvalue weighted by molar-refractivity contribution is 0.177. The number of benzene rings is 2. The molecule has 2 aromatic carbocycles. The molecule has 2 rings (SSSR count). The van der Waals surface area contributed by atoms with Crippen LogP contribution in [0.1, 0.15) is 17.2 Å². The van der Waals surface area contributed by atoms with Crippen LogP contribution in [-0.4, -0.2) is 12.2 Å². The first-order valence-electron chi connectivity index (χ1n) is 5.96. The molecule has 0 heterocycles. The maximum atomic E-state index is 10.3. The summed E-state index contributed by atoms with van der Waals surface area (Å²) in [7, 11) is 1.60. The maximum Gasteiger partial charge on any atom is 0.122 e. The van der Waals surface area contributed by atoms with Crippen LogP contribution in [0.5, 0.6) is 5.75 Å². The highest BCUT2D eigenvalue weighted by atomic mass is 79.9. The number of methoxy groups -OCH3 is 1. The molecule has 1 N–H and O–H groups in total. The van der Waals surface area contributed by atoms with Crippen molar-refractivity contribution in [3.05, 3.63) is 62.0 Å². The summed E-state index contributed by atoms with van der Waals surface area (Å²) in [6, 6.07) is 10.7. The van der Waals surface area contributed by atoms with Crippen molar-refractivity contribution >= 4 is 39.1 Å². The van der Waals surface area contributed by atoms with E-state index >= 15 is 0 Å². The Bertz CT molecular complexity index is 617.